The molecule has 0 saturated carbocycles. The summed E-state index contributed by atoms with van der Waals surface area (Å²) in [6.45, 7) is 0.961. The van der Waals surface area contributed by atoms with Gasteiger partial charge in [-0.05, 0) is 41.5 Å². The fraction of sp³-hybridized carbons (Fsp3) is 0.154. The lowest BCUT2D eigenvalue weighted by atomic mass is 10.1. The van der Waals surface area contributed by atoms with E-state index in [4.69, 9.17) is 11.1 Å². The Hall–Kier alpha value is -4.06. The largest absolute Gasteiger partial charge is 0.384 e. The molecule has 0 atom stereocenters. The van der Waals surface area contributed by atoms with Crippen molar-refractivity contribution in [1.82, 2.24) is 9.88 Å². The van der Waals surface area contributed by atoms with Gasteiger partial charge in [0.25, 0.3) is 5.91 Å². The zero-order valence-electron chi connectivity index (χ0n) is 18.3. The van der Waals surface area contributed by atoms with Crippen LogP contribution in [0.1, 0.15) is 27.2 Å². The third-order valence-corrected chi connectivity index (χ3v) is 5.53. The van der Waals surface area contributed by atoms with Crippen LogP contribution in [0.5, 0.6) is 0 Å². The number of nitrogens with two attached hydrogens (primary N) is 1. The van der Waals surface area contributed by atoms with Gasteiger partial charge in [0.2, 0.25) is 0 Å². The highest BCUT2D eigenvalue weighted by molar-refractivity contribution is 5.99. The normalized spacial score (nSPS) is 10.8. The molecule has 4 rings (SSSR count). The molecule has 6 nitrogen and oxygen atoms in total. The number of hydrogen-bond donors (Lipinski definition) is 3. The molecule has 0 bridgehead atoms. The molecule has 162 valence electrons. The third kappa shape index (κ3) is 4.49. The molecule has 32 heavy (non-hydrogen) atoms. The van der Waals surface area contributed by atoms with Gasteiger partial charge >= 0.3 is 0 Å². The topological polar surface area (TPSA) is 87.1 Å². The number of nitrogen functional groups attached to an aromatic ring is 1. The summed E-state index contributed by atoms with van der Waals surface area (Å²) in [5.74, 6) is -0.0944. The third-order valence-electron chi connectivity index (χ3n) is 5.53. The summed E-state index contributed by atoms with van der Waals surface area (Å²) in [7, 11) is 4.00. The summed E-state index contributed by atoms with van der Waals surface area (Å²) in [6, 6.07) is 25.6. The highest BCUT2D eigenvalue weighted by Gasteiger charge is 2.16. The predicted octanol–water partition coefficient (Wildman–Crippen LogP) is 3.97. The van der Waals surface area contributed by atoms with Crippen molar-refractivity contribution in [1.29, 1.82) is 5.41 Å². The van der Waals surface area contributed by atoms with E-state index in [0.29, 0.717) is 24.3 Å². The fourth-order valence-corrected chi connectivity index (χ4v) is 3.77. The number of fused-ring (bicyclic) bond motifs is 1. The zero-order valence-corrected chi connectivity index (χ0v) is 18.3. The van der Waals surface area contributed by atoms with Crippen molar-refractivity contribution in [3.63, 3.8) is 0 Å². The van der Waals surface area contributed by atoms with E-state index in [1.54, 1.807) is 0 Å². The highest BCUT2D eigenvalue weighted by Crippen LogP contribution is 2.22. The minimum absolute atomic E-state index is 0.0301. The van der Waals surface area contributed by atoms with Gasteiger partial charge < -0.3 is 20.5 Å². The second kappa shape index (κ2) is 8.98. The Kier molecular flexibility index (Phi) is 5.94. The molecule has 0 spiro atoms. The van der Waals surface area contributed by atoms with Crippen molar-refractivity contribution in [3.05, 3.63) is 101 Å². The van der Waals surface area contributed by atoms with Crippen molar-refractivity contribution < 1.29 is 4.79 Å². The number of amidine groups is 1. The maximum Gasteiger partial charge on any atom is 0.268 e. The van der Waals surface area contributed by atoms with Gasteiger partial charge in [0.15, 0.2) is 0 Å². The van der Waals surface area contributed by atoms with E-state index in [9.17, 15) is 4.79 Å². The van der Waals surface area contributed by atoms with Gasteiger partial charge in [-0.25, -0.2) is 0 Å². The lowest BCUT2D eigenvalue weighted by Gasteiger charge is -2.14. The summed E-state index contributed by atoms with van der Waals surface area (Å²) in [6.07, 6.45) is 0. The first-order valence-electron chi connectivity index (χ1n) is 10.5. The first kappa shape index (κ1) is 21.2. The molecule has 0 saturated heterocycles. The Morgan fingerprint density at radius 2 is 1.72 bits per heavy atom. The average molecular weight is 426 g/mol. The van der Waals surface area contributed by atoms with E-state index >= 15 is 0 Å². The minimum atomic E-state index is -0.124. The van der Waals surface area contributed by atoms with Crippen molar-refractivity contribution in [3.8, 4) is 0 Å². The standard InChI is InChI=1S/C26H27N5O/c1-30(2)22-12-10-18(11-13-22)16-29-26(32)24-15-20-7-3-4-9-23(20)31(24)17-19-6-5-8-21(14-19)25(27)28/h3-15H,16-17H2,1-2H3,(H3,27,28)(H,29,32). The molecule has 0 fully saturated rings. The number of para-hydroxylation sites is 1. The van der Waals surface area contributed by atoms with Crippen LogP contribution in [0, 0.1) is 5.41 Å². The van der Waals surface area contributed by atoms with Crippen LogP contribution in [0.25, 0.3) is 10.9 Å². The van der Waals surface area contributed by atoms with E-state index in [1.807, 2.05) is 102 Å². The van der Waals surface area contributed by atoms with E-state index in [-0.39, 0.29) is 11.7 Å². The number of benzene rings is 3. The fourth-order valence-electron chi connectivity index (χ4n) is 3.77. The summed E-state index contributed by atoms with van der Waals surface area (Å²) in [4.78, 5) is 15.2. The minimum Gasteiger partial charge on any atom is -0.384 e. The molecular formula is C26H27N5O. The van der Waals surface area contributed by atoms with Crippen LogP contribution >= 0.6 is 0 Å². The predicted molar refractivity (Wildman–Crippen MR) is 130 cm³/mol. The molecule has 0 radical (unpaired) electrons. The van der Waals surface area contributed by atoms with Crippen LogP contribution in [-0.2, 0) is 13.1 Å². The van der Waals surface area contributed by atoms with Crippen molar-refractivity contribution in [2.24, 2.45) is 5.73 Å². The lowest BCUT2D eigenvalue weighted by Crippen LogP contribution is -2.25. The number of nitrogens with zero attached hydrogens (tertiary/aromatic N) is 2. The van der Waals surface area contributed by atoms with Gasteiger partial charge in [-0.2, -0.15) is 0 Å². The number of rotatable bonds is 7. The number of hydrogen-bond acceptors (Lipinski definition) is 3. The highest BCUT2D eigenvalue weighted by atomic mass is 16.1. The summed E-state index contributed by atoms with van der Waals surface area (Å²) >= 11 is 0. The van der Waals surface area contributed by atoms with Gasteiger partial charge in [0.1, 0.15) is 11.5 Å². The zero-order chi connectivity index (χ0) is 22.7. The van der Waals surface area contributed by atoms with Gasteiger partial charge in [-0.3, -0.25) is 10.2 Å². The van der Waals surface area contributed by atoms with Crippen molar-refractivity contribution in [2.75, 3.05) is 19.0 Å². The number of amides is 1. The quantitative estimate of drug-likeness (QED) is 0.309. The molecule has 4 aromatic rings. The Balaban J connectivity index is 1.60. The molecule has 6 heteroatoms. The van der Waals surface area contributed by atoms with Gasteiger partial charge in [-0.15, -0.1) is 0 Å². The van der Waals surface area contributed by atoms with E-state index in [1.165, 1.54) is 0 Å². The number of carbonyl (C=O) groups excluding carboxylic acids is 1. The Bertz CT molecular complexity index is 1270. The molecule has 0 aliphatic heterocycles. The van der Waals surface area contributed by atoms with Gasteiger partial charge in [0, 0.05) is 49.3 Å². The molecule has 3 aromatic carbocycles. The van der Waals surface area contributed by atoms with Crippen LogP contribution in [0.2, 0.25) is 0 Å². The second-order valence-corrected chi connectivity index (χ2v) is 8.03. The summed E-state index contributed by atoms with van der Waals surface area (Å²) in [5, 5.41) is 11.8. The number of anilines is 1. The van der Waals surface area contributed by atoms with Crippen molar-refractivity contribution >= 4 is 28.3 Å². The first-order valence-corrected chi connectivity index (χ1v) is 10.5. The number of nitrogens with one attached hydrogen (secondary N) is 2. The van der Waals surface area contributed by atoms with Crippen LogP contribution in [-0.4, -0.2) is 30.4 Å². The smallest absolute Gasteiger partial charge is 0.268 e. The summed E-state index contributed by atoms with van der Waals surface area (Å²) in [5.41, 5.74) is 11.1. The Morgan fingerprint density at radius 3 is 2.44 bits per heavy atom. The average Bonchev–Trinajstić information content (AvgIpc) is 3.16. The Morgan fingerprint density at radius 1 is 0.969 bits per heavy atom. The molecule has 0 aliphatic rings. The lowest BCUT2D eigenvalue weighted by molar-refractivity contribution is 0.0942. The first-order chi connectivity index (χ1) is 15.4. The molecule has 4 N–H and O–H groups in total. The van der Waals surface area contributed by atoms with Crippen molar-refractivity contribution in [2.45, 2.75) is 13.1 Å². The molecule has 0 aliphatic carbocycles. The van der Waals surface area contributed by atoms with Gasteiger partial charge in [0.05, 0.1) is 0 Å². The molecule has 0 unspecified atom stereocenters. The van der Waals surface area contributed by atoms with Crippen LogP contribution in [0.15, 0.2) is 78.9 Å². The Labute approximate surface area is 187 Å². The van der Waals surface area contributed by atoms with E-state index < -0.39 is 0 Å². The van der Waals surface area contributed by atoms with E-state index in [0.717, 1.165) is 27.7 Å². The maximum atomic E-state index is 13.2. The van der Waals surface area contributed by atoms with E-state index in [2.05, 4.69) is 5.32 Å². The second-order valence-electron chi connectivity index (χ2n) is 8.03. The monoisotopic (exact) mass is 425 g/mol. The molecule has 1 amide bonds. The SMILES string of the molecule is CN(C)c1ccc(CNC(=O)c2cc3ccccc3n2Cc2cccc(C(=N)N)c2)cc1. The molecule has 1 heterocycles. The van der Waals surface area contributed by atoms with Crippen LogP contribution in [0.4, 0.5) is 5.69 Å². The molecule has 1 aromatic heterocycles. The number of carbonyl (C=O) groups is 1. The van der Waals surface area contributed by atoms with Gasteiger partial charge in [-0.1, -0.05) is 48.5 Å². The van der Waals surface area contributed by atoms with Crippen LogP contribution < -0.4 is 16.0 Å². The molecular weight excluding hydrogens is 398 g/mol. The van der Waals surface area contributed by atoms with Crippen LogP contribution in [0.3, 0.4) is 0 Å². The summed E-state index contributed by atoms with van der Waals surface area (Å²) < 4.78 is 2.01. The number of aromatic nitrogens is 1. The maximum absolute atomic E-state index is 13.2.